The predicted molar refractivity (Wildman–Crippen MR) is 78.1 cm³/mol. The molecular weight excluding hydrogens is 292 g/mol. The second kappa shape index (κ2) is 6.61. The number of aromatic nitrogens is 3. The van der Waals surface area contributed by atoms with Crippen molar-refractivity contribution in [3.8, 4) is 11.4 Å². The van der Waals surface area contributed by atoms with Crippen molar-refractivity contribution < 1.29 is 13.6 Å². The second-order valence-corrected chi connectivity index (χ2v) is 5.16. The first-order valence-corrected chi connectivity index (χ1v) is 6.75. The number of hydrogen-bond acceptors (Lipinski definition) is 4. The van der Waals surface area contributed by atoms with Gasteiger partial charge in [0.25, 0.3) is 0 Å². The fourth-order valence-electron chi connectivity index (χ4n) is 1.73. The number of rotatable bonds is 5. The minimum atomic E-state index is -0.756. The molecule has 0 aliphatic heterocycles. The van der Waals surface area contributed by atoms with Crippen molar-refractivity contribution in [1.29, 1.82) is 0 Å². The minimum absolute atomic E-state index is 0.0280. The minimum Gasteiger partial charge on any atom is -0.295 e. The molecule has 0 saturated heterocycles. The molecule has 0 saturated carbocycles. The Balaban J connectivity index is 2.11. The molecule has 0 fully saturated rings. The summed E-state index contributed by atoms with van der Waals surface area (Å²) in [6, 6.07) is 3.71. The van der Waals surface area contributed by atoms with Crippen molar-refractivity contribution in [1.82, 2.24) is 20.1 Å². The van der Waals surface area contributed by atoms with Crippen LogP contribution in [-0.2, 0) is 4.79 Å². The topological polar surface area (TPSA) is 73.9 Å². The monoisotopic (exact) mass is 309 g/mol. The third-order valence-corrected chi connectivity index (χ3v) is 3.21. The highest BCUT2D eigenvalue weighted by atomic mass is 19.1. The number of anilines is 1. The van der Waals surface area contributed by atoms with E-state index < -0.39 is 11.6 Å². The number of nitrogens with zero attached hydrogens (tertiary/aromatic N) is 3. The zero-order chi connectivity index (χ0) is 16.3. The molecule has 0 aliphatic rings. The lowest BCUT2D eigenvalue weighted by Gasteiger charge is -2.19. The third kappa shape index (κ3) is 3.64. The Kier molecular flexibility index (Phi) is 4.81. The summed E-state index contributed by atoms with van der Waals surface area (Å²) in [6.45, 7) is 4.08. The Labute approximate surface area is 126 Å². The smallest absolute Gasteiger partial charge is 0.249 e. The molecule has 1 heterocycles. The molecule has 0 unspecified atom stereocenters. The summed E-state index contributed by atoms with van der Waals surface area (Å²) in [5, 5.41) is 8.64. The van der Waals surface area contributed by atoms with Gasteiger partial charge in [-0.05, 0) is 33.0 Å². The van der Waals surface area contributed by atoms with Crippen LogP contribution in [0, 0.1) is 11.6 Å². The number of likely N-dealkylation sites (N-methyl/N-ethyl adjacent to an activating group) is 1. The molecule has 0 atom stereocenters. The molecule has 6 nitrogen and oxygen atoms in total. The standard InChI is InChI=1S/C14H17F2N5O/c1-8(2)21(3)7-11(22)17-14-18-13(19-20-14)12-9(15)5-4-6-10(12)16/h4-6,8H,7H2,1-3H3,(H2,17,18,19,20,22). The number of halogens is 2. The SMILES string of the molecule is CC(C)N(C)CC(=O)Nc1n[nH]c(-c2c(F)cccc2F)n1. The Hall–Kier alpha value is -2.35. The van der Waals surface area contributed by atoms with Crippen molar-refractivity contribution in [2.45, 2.75) is 19.9 Å². The molecule has 2 N–H and O–H groups in total. The van der Waals surface area contributed by atoms with Crippen LogP contribution in [-0.4, -0.2) is 45.6 Å². The van der Waals surface area contributed by atoms with Gasteiger partial charge in [-0.3, -0.25) is 20.1 Å². The van der Waals surface area contributed by atoms with Crippen LogP contribution in [0.4, 0.5) is 14.7 Å². The van der Waals surface area contributed by atoms with Crippen molar-refractivity contribution in [3.05, 3.63) is 29.8 Å². The number of hydrogen-bond donors (Lipinski definition) is 2. The number of amides is 1. The van der Waals surface area contributed by atoms with Gasteiger partial charge in [-0.1, -0.05) is 6.07 Å². The highest BCUT2D eigenvalue weighted by molar-refractivity contribution is 5.90. The highest BCUT2D eigenvalue weighted by Gasteiger charge is 2.17. The van der Waals surface area contributed by atoms with Crippen LogP contribution in [0.25, 0.3) is 11.4 Å². The molecule has 0 bridgehead atoms. The molecule has 118 valence electrons. The molecule has 2 aromatic rings. The zero-order valence-corrected chi connectivity index (χ0v) is 12.5. The summed E-state index contributed by atoms with van der Waals surface area (Å²) in [4.78, 5) is 17.5. The molecule has 0 aliphatic carbocycles. The molecule has 0 spiro atoms. The lowest BCUT2D eigenvalue weighted by Crippen LogP contribution is -2.34. The average Bonchev–Trinajstić information content (AvgIpc) is 2.86. The van der Waals surface area contributed by atoms with Crippen LogP contribution < -0.4 is 5.32 Å². The Morgan fingerprint density at radius 2 is 2.00 bits per heavy atom. The van der Waals surface area contributed by atoms with Crippen LogP contribution in [0.1, 0.15) is 13.8 Å². The van der Waals surface area contributed by atoms with Crippen molar-refractivity contribution >= 4 is 11.9 Å². The quantitative estimate of drug-likeness (QED) is 0.886. The molecule has 0 radical (unpaired) electrons. The summed E-state index contributed by atoms with van der Waals surface area (Å²) in [5.74, 6) is -1.93. The van der Waals surface area contributed by atoms with Crippen LogP contribution in [0.5, 0.6) is 0 Å². The fourth-order valence-corrected chi connectivity index (χ4v) is 1.73. The van der Waals surface area contributed by atoms with E-state index in [-0.39, 0.29) is 35.8 Å². The molecule has 1 amide bonds. The van der Waals surface area contributed by atoms with Gasteiger partial charge in [0.15, 0.2) is 5.82 Å². The molecule has 1 aromatic heterocycles. The predicted octanol–water partition coefficient (Wildman–Crippen LogP) is 2.03. The Morgan fingerprint density at radius 1 is 1.36 bits per heavy atom. The molecule has 1 aromatic carbocycles. The van der Waals surface area contributed by atoms with E-state index >= 15 is 0 Å². The van der Waals surface area contributed by atoms with Gasteiger partial charge < -0.3 is 0 Å². The fraction of sp³-hybridized carbons (Fsp3) is 0.357. The summed E-state index contributed by atoms with van der Waals surface area (Å²) < 4.78 is 27.3. The Morgan fingerprint density at radius 3 is 2.59 bits per heavy atom. The van der Waals surface area contributed by atoms with Gasteiger partial charge in [-0.25, -0.2) is 8.78 Å². The number of benzene rings is 1. The number of nitrogens with one attached hydrogen (secondary N) is 2. The van der Waals surface area contributed by atoms with E-state index in [1.165, 1.54) is 6.07 Å². The van der Waals surface area contributed by atoms with Gasteiger partial charge in [0, 0.05) is 6.04 Å². The second-order valence-electron chi connectivity index (χ2n) is 5.16. The lowest BCUT2D eigenvalue weighted by atomic mass is 10.2. The first-order chi connectivity index (χ1) is 10.4. The van der Waals surface area contributed by atoms with Gasteiger partial charge in [0.2, 0.25) is 11.9 Å². The Bertz CT molecular complexity index is 651. The van der Waals surface area contributed by atoms with Crippen LogP contribution in [0.15, 0.2) is 18.2 Å². The van der Waals surface area contributed by atoms with Crippen molar-refractivity contribution in [3.63, 3.8) is 0 Å². The van der Waals surface area contributed by atoms with Gasteiger partial charge in [-0.2, -0.15) is 4.98 Å². The summed E-state index contributed by atoms with van der Waals surface area (Å²) >= 11 is 0. The van der Waals surface area contributed by atoms with Gasteiger partial charge >= 0.3 is 0 Å². The summed E-state index contributed by atoms with van der Waals surface area (Å²) in [5.41, 5.74) is -0.310. The summed E-state index contributed by atoms with van der Waals surface area (Å²) in [6.07, 6.45) is 0. The first kappa shape index (κ1) is 16.0. The van der Waals surface area contributed by atoms with Crippen LogP contribution >= 0.6 is 0 Å². The van der Waals surface area contributed by atoms with Gasteiger partial charge in [0.05, 0.1) is 12.1 Å². The number of aromatic amines is 1. The third-order valence-electron chi connectivity index (χ3n) is 3.21. The van der Waals surface area contributed by atoms with E-state index in [1.807, 2.05) is 25.8 Å². The first-order valence-electron chi connectivity index (χ1n) is 6.75. The largest absolute Gasteiger partial charge is 0.295 e. The van der Waals surface area contributed by atoms with E-state index in [0.717, 1.165) is 12.1 Å². The maximum atomic E-state index is 13.6. The maximum absolute atomic E-state index is 13.6. The highest BCUT2D eigenvalue weighted by Crippen LogP contribution is 2.23. The van der Waals surface area contributed by atoms with E-state index in [4.69, 9.17) is 0 Å². The molecule has 22 heavy (non-hydrogen) atoms. The van der Waals surface area contributed by atoms with Gasteiger partial charge in [-0.15, -0.1) is 5.10 Å². The van der Waals surface area contributed by atoms with Crippen molar-refractivity contribution in [2.24, 2.45) is 0 Å². The lowest BCUT2D eigenvalue weighted by molar-refractivity contribution is -0.117. The molecule has 2 rings (SSSR count). The average molecular weight is 309 g/mol. The molecular formula is C14H17F2N5O. The summed E-state index contributed by atoms with van der Waals surface area (Å²) in [7, 11) is 1.81. The number of H-pyrrole nitrogens is 1. The van der Waals surface area contributed by atoms with E-state index in [1.54, 1.807) is 0 Å². The maximum Gasteiger partial charge on any atom is 0.249 e. The van der Waals surface area contributed by atoms with Crippen molar-refractivity contribution in [2.75, 3.05) is 18.9 Å². The van der Waals surface area contributed by atoms with Crippen LogP contribution in [0.3, 0.4) is 0 Å². The van der Waals surface area contributed by atoms with Gasteiger partial charge in [0.1, 0.15) is 11.6 Å². The van der Waals surface area contributed by atoms with E-state index in [2.05, 4.69) is 20.5 Å². The van der Waals surface area contributed by atoms with E-state index in [0.29, 0.717) is 0 Å². The number of carbonyl (C=O) groups is 1. The normalized spacial score (nSPS) is 11.2. The number of carbonyl (C=O) groups excluding carboxylic acids is 1. The molecule has 8 heteroatoms. The zero-order valence-electron chi connectivity index (χ0n) is 12.5. The van der Waals surface area contributed by atoms with Crippen LogP contribution in [0.2, 0.25) is 0 Å². The van der Waals surface area contributed by atoms with E-state index in [9.17, 15) is 13.6 Å².